The summed E-state index contributed by atoms with van der Waals surface area (Å²) in [5.74, 6) is 4.26. The minimum Gasteiger partial charge on any atom is -0.286 e. The largest absolute Gasteiger partial charge is 0.286 e. The van der Waals surface area contributed by atoms with E-state index in [4.69, 9.17) is 4.55 Å². The Morgan fingerprint density at radius 1 is 1.22 bits per heavy atom. The van der Waals surface area contributed by atoms with E-state index >= 15 is 0 Å². The zero-order valence-corrected chi connectivity index (χ0v) is 12.1. The summed E-state index contributed by atoms with van der Waals surface area (Å²) < 4.78 is 56.5. The van der Waals surface area contributed by atoms with E-state index in [-0.39, 0.29) is 5.75 Å². The predicted molar refractivity (Wildman–Crippen MR) is 68.0 cm³/mol. The molecule has 18 heavy (non-hydrogen) atoms. The third-order valence-electron chi connectivity index (χ3n) is 2.21. The van der Waals surface area contributed by atoms with E-state index < -0.39 is 31.9 Å². The molecule has 0 heterocycles. The lowest BCUT2D eigenvalue weighted by atomic mass is 10.1. The summed E-state index contributed by atoms with van der Waals surface area (Å²) in [5.41, 5.74) is 0. The molecule has 0 aromatic heterocycles. The Kier molecular flexibility index (Phi) is 7.47. The van der Waals surface area contributed by atoms with E-state index in [1.54, 1.807) is 6.92 Å². The Bertz CT molecular complexity index is 494. The van der Waals surface area contributed by atoms with Gasteiger partial charge in [0.05, 0.1) is 18.6 Å². The highest BCUT2D eigenvalue weighted by molar-refractivity contribution is 7.86. The predicted octanol–water partition coefficient (Wildman–Crippen LogP) is 0.660. The highest BCUT2D eigenvalue weighted by atomic mass is 32.2. The lowest BCUT2D eigenvalue weighted by Gasteiger charge is -2.08. The van der Waals surface area contributed by atoms with Crippen molar-refractivity contribution in [2.75, 3.05) is 18.6 Å². The molecule has 0 rings (SSSR count). The summed E-state index contributed by atoms with van der Waals surface area (Å²) in [6.45, 7) is 1.58. The SMILES string of the molecule is CC#CC(CCCCS(=O)(=O)OC)CS(=O)(=O)O. The van der Waals surface area contributed by atoms with Crippen LogP contribution in [0.3, 0.4) is 0 Å². The average Bonchev–Trinajstić information content (AvgIpc) is 2.22. The van der Waals surface area contributed by atoms with Crippen LogP contribution < -0.4 is 0 Å². The molecule has 0 spiro atoms. The molecule has 106 valence electrons. The molecule has 0 fully saturated rings. The van der Waals surface area contributed by atoms with Gasteiger partial charge in [-0.3, -0.25) is 8.74 Å². The molecular formula is C10H18O6S2. The second kappa shape index (κ2) is 7.74. The van der Waals surface area contributed by atoms with Crippen molar-refractivity contribution in [2.45, 2.75) is 26.2 Å². The molecule has 0 saturated heterocycles. The molecule has 0 amide bonds. The van der Waals surface area contributed by atoms with Gasteiger partial charge in [0.25, 0.3) is 20.2 Å². The van der Waals surface area contributed by atoms with Gasteiger partial charge in [-0.2, -0.15) is 16.8 Å². The summed E-state index contributed by atoms with van der Waals surface area (Å²) in [4.78, 5) is 0. The molecule has 0 aromatic rings. The van der Waals surface area contributed by atoms with Gasteiger partial charge in [-0.15, -0.1) is 5.92 Å². The zero-order chi connectivity index (χ0) is 14.2. The van der Waals surface area contributed by atoms with Gasteiger partial charge in [0.2, 0.25) is 0 Å². The van der Waals surface area contributed by atoms with Crippen LogP contribution in [-0.4, -0.2) is 40.0 Å². The van der Waals surface area contributed by atoms with Crippen LogP contribution >= 0.6 is 0 Å². The standard InChI is InChI=1S/C10H18O6S2/c1-3-6-10(9-17(11,12)13)7-4-5-8-18(14,15)16-2/h10H,4-5,7-9H2,1-2H3,(H,11,12,13). The number of hydrogen-bond acceptors (Lipinski definition) is 5. The number of rotatable bonds is 8. The topological polar surface area (TPSA) is 97.7 Å². The molecule has 8 heteroatoms. The maximum absolute atomic E-state index is 11.0. The molecule has 0 bridgehead atoms. The summed E-state index contributed by atoms with van der Waals surface area (Å²) >= 11 is 0. The first-order valence-corrected chi connectivity index (χ1v) is 8.54. The van der Waals surface area contributed by atoms with Crippen LogP contribution in [-0.2, 0) is 24.4 Å². The maximum atomic E-state index is 11.0. The van der Waals surface area contributed by atoms with Crippen molar-refractivity contribution in [1.29, 1.82) is 0 Å². The highest BCUT2D eigenvalue weighted by Gasteiger charge is 2.15. The Morgan fingerprint density at radius 3 is 2.28 bits per heavy atom. The summed E-state index contributed by atoms with van der Waals surface area (Å²) in [6, 6.07) is 0. The maximum Gasteiger partial charge on any atom is 0.267 e. The van der Waals surface area contributed by atoms with Crippen LogP contribution in [0.15, 0.2) is 0 Å². The zero-order valence-electron chi connectivity index (χ0n) is 10.4. The lowest BCUT2D eigenvalue weighted by molar-refractivity contribution is 0.395. The van der Waals surface area contributed by atoms with Gasteiger partial charge in [-0.25, -0.2) is 0 Å². The van der Waals surface area contributed by atoms with Gasteiger partial charge < -0.3 is 0 Å². The molecule has 1 atom stereocenters. The quantitative estimate of drug-likeness (QED) is 0.306. The second-order valence-electron chi connectivity index (χ2n) is 3.76. The van der Waals surface area contributed by atoms with E-state index in [1.165, 1.54) is 0 Å². The fourth-order valence-electron chi connectivity index (χ4n) is 1.41. The van der Waals surface area contributed by atoms with Crippen molar-refractivity contribution in [3.63, 3.8) is 0 Å². The van der Waals surface area contributed by atoms with Crippen LogP contribution in [0.1, 0.15) is 26.2 Å². The number of unbranched alkanes of at least 4 members (excludes halogenated alkanes) is 1. The van der Waals surface area contributed by atoms with Gasteiger partial charge >= 0.3 is 0 Å². The smallest absolute Gasteiger partial charge is 0.267 e. The van der Waals surface area contributed by atoms with E-state index in [2.05, 4.69) is 16.0 Å². The van der Waals surface area contributed by atoms with Crippen LogP contribution in [0.5, 0.6) is 0 Å². The summed E-state index contributed by atoms with van der Waals surface area (Å²) in [7, 11) is -6.43. The average molecular weight is 298 g/mol. The molecule has 1 unspecified atom stereocenters. The first-order chi connectivity index (χ1) is 8.20. The van der Waals surface area contributed by atoms with Crippen molar-refractivity contribution in [3.05, 3.63) is 0 Å². The van der Waals surface area contributed by atoms with Crippen LogP contribution in [0.25, 0.3) is 0 Å². The third-order valence-corrected chi connectivity index (χ3v) is 4.33. The fourth-order valence-corrected chi connectivity index (χ4v) is 2.89. The van der Waals surface area contributed by atoms with Crippen LogP contribution in [0.4, 0.5) is 0 Å². The van der Waals surface area contributed by atoms with Crippen molar-refractivity contribution in [3.8, 4) is 11.8 Å². The van der Waals surface area contributed by atoms with Crippen molar-refractivity contribution in [1.82, 2.24) is 0 Å². The number of hydrogen-bond donors (Lipinski definition) is 1. The molecule has 0 radical (unpaired) electrons. The Balaban J connectivity index is 4.17. The van der Waals surface area contributed by atoms with Gasteiger partial charge in [0, 0.05) is 5.92 Å². The molecule has 0 aliphatic rings. The molecular weight excluding hydrogens is 280 g/mol. The minimum absolute atomic E-state index is 0.109. The molecule has 0 aromatic carbocycles. The van der Waals surface area contributed by atoms with E-state index in [0.717, 1.165) is 7.11 Å². The van der Waals surface area contributed by atoms with Crippen molar-refractivity contribution >= 4 is 20.2 Å². The first-order valence-electron chi connectivity index (χ1n) is 5.36. The van der Waals surface area contributed by atoms with Gasteiger partial charge in [-0.05, 0) is 19.8 Å². The van der Waals surface area contributed by atoms with Gasteiger partial charge in [-0.1, -0.05) is 12.3 Å². The van der Waals surface area contributed by atoms with Gasteiger partial charge in [0.1, 0.15) is 0 Å². The third kappa shape index (κ3) is 9.41. The Hall–Kier alpha value is -0.620. The molecule has 0 saturated carbocycles. The van der Waals surface area contributed by atoms with Crippen LogP contribution in [0.2, 0.25) is 0 Å². The van der Waals surface area contributed by atoms with Crippen molar-refractivity contribution in [2.24, 2.45) is 5.92 Å². The van der Waals surface area contributed by atoms with E-state index in [1.807, 2.05) is 0 Å². The monoisotopic (exact) mass is 298 g/mol. The second-order valence-corrected chi connectivity index (χ2v) is 7.12. The molecule has 0 aliphatic carbocycles. The van der Waals surface area contributed by atoms with Gasteiger partial charge in [0.15, 0.2) is 0 Å². The van der Waals surface area contributed by atoms with E-state index in [9.17, 15) is 16.8 Å². The summed E-state index contributed by atoms with van der Waals surface area (Å²) in [5, 5.41) is 0. The Morgan fingerprint density at radius 2 is 1.83 bits per heavy atom. The molecule has 1 N–H and O–H groups in total. The minimum atomic E-state index is -4.06. The Labute approximate surface area is 109 Å². The lowest BCUT2D eigenvalue weighted by Crippen LogP contribution is -2.14. The normalized spacial score (nSPS) is 13.7. The summed E-state index contributed by atoms with van der Waals surface area (Å²) in [6.07, 6.45) is 1.28. The van der Waals surface area contributed by atoms with Crippen LogP contribution in [0, 0.1) is 17.8 Å². The highest BCUT2D eigenvalue weighted by Crippen LogP contribution is 2.11. The van der Waals surface area contributed by atoms with E-state index in [0.29, 0.717) is 19.3 Å². The molecule has 6 nitrogen and oxygen atoms in total. The molecule has 0 aliphatic heterocycles. The fraction of sp³-hybridized carbons (Fsp3) is 0.800. The first kappa shape index (κ1) is 17.4. The van der Waals surface area contributed by atoms with Crippen molar-refractivity contribution < 1.29 is 25.6 Å².